The topological polar surface area (TPSA) is 55.4 Å². The van der Waals surface area contributed by atoms with Crippen LogP contribution in [0.2, 0.25) is 0 Å². The van der Waals surface area contributed by atoms with Crippen molar-refractivity contribution >= 4 is 11.7 Å². The monoisotopic (exact) mass is 215 g/mol. The van der Waals surface area contributed by atoms with Crippen LogP contribution in [-0.2, 0) is 14.3 Å². The van der Waals surface area contributed by atoms with E-state index in [1.54, 1.807) is 0 Å². The molecule has 15 heavy (non-hydrogen) atoms. The van der Waals surface area contributed by atoms with E-state index in [9.17, 15) is 9.59 Å². The number of rotatable bonds is 5. The van der Waals surface area contributed by atoms with Gasteiger partial charge in [0, 0.05) is 18.9 Å². The lowest BCUT2D eigenvalue weighted by Gasteiger charge is -2.24. The molecule has 0 radical (unpaired) electrons. The van der Waals surface area contributed by atoms with Crippen molar-refractivity contribution in [1.29, 1.82) is 0 Å². The summed E-state index contributed by atoms with van der Waals surface area (Å²) in [5.41, 5.74) is -0.468. The van der Waals surface area contributed by atoms with Crippen molar-refractivity contribution in [3.63, 3.8) is 0 Å². The van der Waals surface area contributed by atoms with Crippen LogP contribution in [-0.4, -0.2) is 30.9 Å². The summed E-state index contributed by atoms with van der Waals surface area (Å²) in [5, 5.41) is 2.61. The molecular weight excluding hydrogens is 194 g/mol. The summed E-state index contributed by atoms with van der Waals surface area (Å²) in [4.78, 5) is 22.8. The minimum atomic E-state index is -0.539. The van der Waals surface area contributed by atoms with E-state index in [1.165, 1.54) is 6.92 Å². The molecule has 0 unspecified atom stereocenters. The van der Waals surface area contributed by atoms with E-state index < -0.39 is 11.5 Å². The molecule has 1 N–H and O–H groups in total. The third-order valence-electron chi connectivity index (χ3n) is 1.92. The fourth-order valence-electron chi connectivity index (χ4n) is 1.19. The molecule has 1 atom stereocenters. The normalized spacial score (nSPS) is 13.4. The van der Waals surface area contributed by atoms with Crippen molar-refractivity contribution in [1.82, 2.24) is 5.32 Å². The van der Waals surface area contributed by atoms with Gasteiger partial charge < -0.3 is 10.1 Å². The molecule has 0 aromatic heterocycles. The highest BCUT2D eigenvalue weighted by molar-refractivity contribution is 5.92. The first-order valence-electron chi connectivity index (χ1n) is 5.18. The highest BCUT2D eigenvalue weighted by Crippen LogP contribution is 2.17. The molecule has 1 amide bonds. The molecule has 0 aliphatic rings. The first-order chi connectivity index (χ1) is 6.79. The van der Waals surface area contributed by atoms with Crippen LogP contribution in [0.3, 0.4) is 0 Å². The van der Waals surface area contributed by atoms with E-state index in [0.717, 1.165) is 0 Å². The fraction of sp³-hybridized carbons (Fsp3) is 0.818. The molecule has 0 aliphatic heterocycles. The van der Waals surface area contributed by atoms with Gasteiger partial charge >= 0.3 is 0 Å². The van der Waals surface area contributed by atoms with Crippen LogP contribution in [0.5, 0.6) is 0 Å². The Morgan fingerprint density at radius 2 is 1.87 bits per heavy atom. The first-order valence-corrected chi connectivity index (χ1v) is 5.18. The smallest absolute Gasteiger partial charge is 0.217 e. The van der Waals surface area contributed by atoms with Crippen molar-refractivity contribution in [2.45, 2.75) is 40.7 Å². The van der Waals surface area contributed by atoms with E-state index in [-0.39, 0.29) is 18.3 Å². The van der Waals surface area contributed by atoms with Crippen molar-refractivity contribution in [2.75, 3.05) is 13.2 Å². The van der Waals surface area contributed by atoms with Crippen LogP contribution in [0, 0.1) is 5.41 Å². The Kier molecular flexibility index (Phi) is 5.50. The summed E-state index contributed by atoms with van der Waals surface area (Å²) < 4.78 is 5.18. The van der Waals surface area contributed by atoms with Crippen LogP contribution in [0.4, 0.5) is 0 Å². The quantitative estimate of drug-likeness (QED) is 0.748. The molecule has 0 bridgehead atoms. The van der Waals surface area contributed by atoms with Crippen molar-refractivity contribution in [3.05, 3.63) is 0 Å². The Bertz CT molecular complexity index is 230. The zero-order valence-corrected chi connectivity index (χ0v) is 10.2. The maximum Gasteiger partial charge on any atom is 0.217 e. The van der Waals surface area contributed by atoms with Crippen molar-refractivity contribution < 1.29 is 14.3 Å². The van der Waals surface area contributed by atoms with Gasteiger partial charge in [0.2, 0.25) is 5.91 Å². The molecule has 0 saturated heterocycles. The molecule has 0 heterocycles. The lowest BCUT2D eigenvalue weighted by atomic mass is 9.86. The number of hydrogen-bond donors (Lipinski definition) is 1. The molecule has 0 aromatic rings. The number of amides is 1. The van der Waals surface area contributed by atoms with Crippen LogP contribution < -0.4 is 5.32 Å². The highest BCUT2D eigenvalue weighted by atomic mass is 16.5. The van der Waals surface area contributed by atoms with Gasteiger partial charge in [0.1, 0.15) is 6.04 Å². The van der Waals surface area contributed by atoms with Crippen LogP contribution >= 0.6 is 0 Å². The average molecular weight is 215 g/mol. The summed E-state index contributed by atoms with van der Waals surface area (Å²) >= 11 is 0. The molecule has 4 heteroatoms. The minimum absolute atomic E-state index is 0.00819. The molecule has 0 saturated carbocycles. The van der Waals surface area contributed by atoms with E-state index in [1.807, 2.05) is 27.7 Å². The lowest BCUT2D eigenvalue weighted by Crippen LogP contribution is -2.47. The SMILES string of the molecule is CCOC[C@@H](NC(C)=O)C(=O)C(C)(C)C. The summed E-state index contributed by atoms with van der Waals surface area (Å²) in [6, 6.07) is -0.539. The van der Waals surface area contributed by atoms with Gasteiger partial charge in [-0.3, -0.25) is 9.59 Å². The third kappa shape index (κ3) is 5.52. The van der Waals surface area contributed by atoms with Gasteiger partial charge in [0.25, 0.3) is 0 Å². The van der Waals surface area contributed by atoms with Gasteiger partial charge in [-0.25, -0.2) is 0 Å². The average Bonchev–Trinajstić information content (AvgIpc) is 2.09. The van der Waals surface area contributed by atoms with Gasteiger partial charge in [-0.15, -0.1) is 0 Å². The molecule has 0 aromatic carbocycles. The second-order valence-corrected chi connectivity index (χ2v) is 4.53. The molecule has 0 spiro atoms. The van der Waals surface area contributed by atoms with Gasteiger partial charge in [-0.05, 0) is 6.92 Å². The number of Topliss-reactive ketones (excluding diaryl/α,β-unsaturated/α-hetero) is 1. The lowest BCUT2D eigenvalue weighted by molar-refractivity contribution is -0.133. The summed E-state index contributed by atoms with van der Waals surface area (Å²) in [7, 11) is 0. The number of ketones is 1. The molecule has 0 rings (SSSR count). The molecule has 88 valence electrons. The minimum Gasteiger partial charge on any atom is -0.379 e. The zero-order chi connectivity index (χ0) is 12.1. The standard InChI is InChI=1S/C11H21NO3/c1-6-15-7-9(12-8(2)13)10(14)11(3,4)5/h9H,6-7H2,1-5H3,(H,12,13)/t9-/m1/s1. The second-order valence-electron chi connectivity index (χ2n) is 4.53. The summed E-state index contributed by atoms with van der Waals surface area (Å²) in [5.74, 6) is -0.219. The van der Waals surface area contributed by atoms with E-state index in [0.29, 0.717) is 6.61 Å². The van der Waals surface area contributed by atoms with Gasteiger partial charge in [-0.1, -0.05) is 20.8 Å². The van der Waals surface area contributed by atoms with Gasteiger partial charge in [-0.2, -0.15) is 0 Å². The Balaban J connectivity index is 4.47. The Morgan fingerprint density at radius 3 is 2.20 bits per heavy atom. The number of carbonyl (C=O) groups is 2. The molecule has 4 nitrogen and oxygen atoms in total. The van der Waals surface area contributed by atoms with Crippen LogP contribution in [0.25, 0.3) is 0 Å². The summed E-state index contributed by atoms with van der Waals surface area (Å²) in [6.07, 6.45) is 0. The Hall–Kier alpha value is -0.900. The van der Waals surface area contributed by atoms with E-state index in [4.69, 9.17) is 4.74 Å². The maximum atomic E-state index is 11.9. The number of ether oxygens (including phenoxy) is 1. The number of nitrogens with one attached hydrogen (secondary N) is 1. The van der Waals surface area contributed by atoms with E-state index >= 15 is 0 Å². The fourth-order valence-corrected chi connectivity index (χ4v) is 1.19. The van der Waals surface area contributed by atoms with E-state index in [2.05, 4.69) is 5.32 Å². The van der Waals surface area contributed by atoms with Gasteiger partial charge in [0.15, 0.2) is 5.78 Å². The Morgan fingerprint density at radius 1 is 1.33 bits per heavy atom. The largest absolute Gasteiger partial charge is 0.379 e. The van der Waals surface area contributed by atoms with Crippen molar-refractivity contribution in [2.24, 2.45) is 5.41 Å². The first kappa shape index (κ1) is 14.1. The molecule has 0 fully saturated rings. The number of hydrogen-bond acceptors (Lipinski definition) is 3. The zero-order valence-electron chi connectivity index (χ0n) is 10.2. The maximum absolute atomic E-state index is 11.9. The van der Waals surface area contributed by atoms with Crippen LogP contribution in [0.15, 0.2) is 0 Å². The Labute approximate surface area is 91.4 Å². The predicted molar refractivity (Wildman–Crippen MR) is 58.6 cm³/mol. The third-order valence-corrected chi connectivity index (χ3v) is 1.92. The highest BCUT2D eigenvalue weighted by Gasteiger charge is 2.30. The second kappa shape index (κ2) is 5.85. The number of carbonyl (C=O) groups excluding carboxylic acids is 2. The summed E-state index contributed by atoms with van der Waals surface area (Å²) in [6.45, 7) is 9.52. The van der Waals surface area contributed by atoms with Crippen LogP contribution in [0.1, 0.15) is 34.6 Å². The molecular formula is C11H21NO3. The van der Waals surface area contributed by atoms with Crippen molar-refractivity contribution in [3.8, 4) is 0 Å². The predicted octanol–water partition coefficient (Wildman–Crippen LogP) is 1.14. The van der Waals surface area contributed by atoms with Gasteiger partial charge in [0.05, 0.1) is 6.61 Å². The molecule has 0 aliphatic carbocycles.